The van der Waals surface area contributed by atoms with Crippen LogP contribution in [0.5, 0.6) is 0 Å². The van der Waals surface area contributed by atoms with E-state index in [0.29, 0.717) is 6.54 Å². The Labute approximate surface area is 130 Å². The van der Waals surface area contributed by atoms with Crippen LogP contribution in [0.25, 0.3) is 0 Å². The van der Waals surface area contributed by atoms with Gasteiger partial charge in [-0.1, -0.05) is 11.8 Å². The lowest BCUT2D eigenvalue weighted by Crippen LogP contribution is -2.54. The molecule has 0 unspecified atom stereocenters. The first-order valence-corrected chi connectivity index (χ1v) is 8.06. The van der Waals surface area contributed by atoms with Crippen LogP contribution in [-0.4, -0.2) is 54.0 Å². The summed E-state index contributed by atoms with van der Waals surface area (Å²) in [6.07, 6.45) is 0. The molecule has 1 aliphatic rings. The number of amides is 1. The second kappa shape index (κ2) is 6.61. The molecule has 5 heteroatoms. The van der Waals surface area contributed by atoms with Crippen molar-refractivity contribution in [1.82, 2.24) is 9.80 Å². The molecule has 21 heavy (non-hydrogen) atoms. The quantitative estimate of drug-likeness (QED) is 0.802. The summed E-state index contributed by atoms with van der Waals surface area (Å²) in [6.45, 7) is 10.4. The van der Waals surface area contributed by atoms with Crippen LogP contribution in [0.4, 0.5) is 0 Å². The van der Waals surface area contributed by atoms with Gasteiger partial charge >= 0.3 is 0 Å². The van der Waals surface area contributed by atoms with Gasteiger partial charge in [0.05, 0.1) is 16.3 Å². The minimum absolute atomic E-state index is 0.120. The first-order valence-electron chi connectivity index (χ1n) is 7.25. The summed E-state index contributed by atoms with van der Waals surface area (Å²) < 4.78 is 0. The number of hydrogen-bond acceptors (Lipinski definition) is 4. The second-order valence-electron chi connectivity index (χ2n) is 6.12. The monoisotopic (exact) mass is 305 g/mol. The molecule has 0 radical (unpaired) electrons. The summed E-state index contributed by atoms with van der Waals surface area (Å²) in [4.78, 5) is 18.5. The lowest BCUT2D eigenvalue weighted by atomic mass is 10.0. The van der Waals surface area contributed by atoms with Gasteiger partial charge < -0.3 is 10.6 Å². The number of carbonyl (C=O) groups excluding carboxylic acids is 1. The molecule has 0 aromatic carbocycles. The van der Waals surface area contributed by atoms with Crippen molar-refractivity contribution >= 4 is 17.2 Å². The minimum atomic E-state index is 0.120. The predicted molar refractivity (Wildman–Crippen MR) is 87.5 cm³/mol. The van der Waals surface area contributed by atoms with Crippen LogP contribution in [0, 0.1) is 11.8 Å². The first-order chi connectivity index (χ1) is 9.91. The number of piperazine rings is 1. The van der Waals surface area contributed by atoms with Gasteiger partial charge in [0.2, 0.25) is 0 Å². The van der Waals surface area contributed by atoms with E-state index in [1.807, 2.05) is 17.0 Å². The molecule has 1 amide bonds. The third kappa shape index (κ3) is 4.07. The van der Waals surface area contributed by atoms with Crippen LogP contribution >= 0.6 is 11.3 Å². The Morgan fingerprint density at radius 1 is 1.29 bits per heavy atom. The fourth-order valence-corrected chi connectivity index (χ4v) is 3.24. The van der Waals surface area contributed by atoms with Crippen molar-refractivity contribution in [3.05, 3.63) is 21.9 Å². The Kier molecular flexibility index (Phi) is 5.04. The number of rotatable bonds is 1. The fourth-order valence-electron chi connectivity index (χ4n) is 2.39. The summed E-state index contributed by atoms with van der Waals surface area (Å²) in [6, 6.07) is 3.76. The zero-order valence-electron chi connectivity index (χ0n) is 13.0. The van der Waals surface area contributed by atoms with Crippen LogP contribution in [0.2, 0.25) is 0 Å². The van der Waals surface area contributed by atoms with Gasteiger partial charge in [0.15, 0.2) is 0 Å². The molecular formula is C16H23N3OS. The molecule has 1 fully saturated rings. The Bertz CT molecular complexity index is 554. The molecule has 0 bridgehead atoms. The van der Waals surface area contributed by atoms with Crippen molar-refractivity contribution in [3.63, 3.8) is 0 Å². The number of hydrogen-bond donors (Lipinski definition) is 1. The van der Waals surface area contributed by atoms with Gasteiger partial charge in [-0.15, -0.1) is 11.3 Å². The van der Waals surface area contributed by atoms with E-state index in [4.69, 9.17) is 5.73 Å². The lowest BCUT2D eigenvalue weighted by molar-refractivity contribution is 0.0455. The van der Waals surface area contributed by atoms with E-state index in [0.717, 1.165) is 35.9 Å². The molecule has 2 rings (SSSR count). The minimum Gasteiger partial charge on any atom is -0.335 e. The van der Waals surface area contributed by atoms with Crippen molar-refractivity contribution in [2.75, 3.05) is 32.7 Å². The predicted octanol–water partition coefficient (Wildman–Crippen LogP) is 1.61. The van der Waals surface area contributed by atoms with Crippen molar-refractivity contribution < 1.29 is 4.79 Å². The SMILES string of the molecule is CC(C)(C)N1CCN(C(=O)c2ccc(C#CCN)s2)CC1. The summed E-state index contributed by atoms with van der Waals surface area (Å²) in [7, 11) is 0. The van der Waals surface area contributed by atoms with Gasteiger partial charge in [-0.25, -0.2) is 0 Å². The zero-order chi connectivity index (χ0) is 15.5. The Morgan fingerprint density at radius 2 is 1.95 bits per heavy atom. The topological polar surface area (TPSA) is 49.6 Å². The van der Waals surface area contributed by atoms with Gasteiger partial charge in [-0.3, -0.25) is 9.69 Å². The number of thiophene rings is 1. The highest BCUT2D eigenvalue weighted by Gasteiger charge is 2.28. The average molecular weight is 305 g/mol. The highest BCUT2D eigenvalue weighted by atomic mass is 32.1. The third-order valence-corrected chi connectivity index (χ3v) is 4.63. The van der Waals surface area contributed by atoms with Crippen LogP contribution in [0.3, 0.4) is 0 Å². The summed E-state index contributed by atoms with van der Waals surface area (Å²) >= 11 is 1.45. The largest absolute Gasteiger partial charge is 0.335 e. The van der Waals surface area contributed by atoms with Crippen LogP contribution in [0.1, 0.15) is 35.3 Å². The first kappa shape index (κ1) is 16.0. The highest BCUT2D eigenvalue weighted by Crippen LogP contribution is 2.20. The summed E-state index contributed by atoms with van der Waals surface area (Å²) in [5, 5.41) is 0. The molecule has 1 aromatic heterocycles. The molecule has 114 valence electrons. The maximum Gasteiger partial charge on any atom is 0.264 e. The molecule has 1 aliphatic heterocycles. The molecule has 4 nitrogen and oxygen atoms in total. The van der Waals surface area contributed by atoms with E-state index in [1.165, 1.54) is 11.3 Å². The molecule has 2 heterocycles. The average Bonchev–Trinajstić information content (AvgIpc) is 2.92. The molecule has 0 spiro atoms. The zero-order valence-corrected chi connectivity index (χ0v) is 13.8. The Hall–Kier alpha value is -1.35. The van der Waals surface area contributed by atoms with E-state index in [1.54, 1.807) is 0 Å². The smallest absolute Gasteiger partial charge is 0.264 e. The van der Waals surface area contributed by atoms with Gasteiger partial charge in [-0.2, -0.15) is 0 Å². The molecule has 0 saturated carbocycles. The number of nitrogens with zero attached hydrogens (tertiary/aromatic N) is 2. The molecule has 0 atom stereocenters. The number of carbonyl (C=O) groups is 1. The summed E-state index contributed by atoms with van der Waals surface area (Å²) in [5.74, 6) is 5.91. The highest BCUT2D eigenvalue weighted by molar-refractivity contribution is 7.14. The number of nitrogens with two attached hydrogens (primary N) is 1. The second-order valence-corrected chi connectivity index (χ2v) is 7.20. The lowest BCUT2D eigenvalue weighted by Gasteiger charge is -2.42. The standard InChI is InChI=1S/C16H23N3OS/c1-16(2,3)19-11-9-18(10-12-19)15(20)14-7-6-13(21-14)5-4-8-17/h6-7H,8-12,17H2,1-3H3. The van der Waals surface area contributed by atoms with Crippen molar-refractivity contribution in [3.8, 4) is 11.8 Å². The van der Waals surface area contributed by atoms with Crippen LogP contribution in [-0.2, 0) is 0 Å². The van der Waals surface area contributed by atoms with Gasteiger partial charge in [0.25, 0.3) is 5.91 Å². The van der Waals surface area contributed by atoms with Gasteiger partial charge in [-0.05, 0) is 32.9 Å². The van der Waals surface area contributed by atoms with E-state index in [2.05, 4.69) is 37.5 Å². The van der Waals surface area contributed by atoms with E-state index >= 15 is 0 Å². The van der Waals surface area contributed by atoms with Crippen LogP contribution in [0.15, 0.2) is 12.1 Å². The molecule has 1 aromatic rings. The van der Waals surface area contributed by atoms with Gasteiger partial charge in [0, 0.05) is 31.7 Å². The maximum absolute atomic E-state index is 12.5. The van der Waals surface area contributed by atoms with Crippen molar-refractivity contribution in [2.24, 2.45) is 5.73 Å². The summed E-state index contributed by atoms with van der Waals surface area (Å²) in [5.41, 5.74) is 5.53. The molecule has 2 N–H and O–H groups in total. The maximum atomic E-state index is 12.5. The molecule has 0 aliphatic carbocycles. The van der Waals surface area contributed by atoms with Crippen LogP contribution < -0.4 is 5.73 Å². The molecule has 1 saturated heterocycles. The van der Waals surface area contributed by atoms with Crippen molar-refractivity contribution in [1.29, 1.82) is 0 Å². The van der Waals surface area contributed by atoms with Crippen molar-refractivity contribution in [2.45, 2.75) is 26.3 Å². The Morgan fingerprint density at radius 3 is 2.52 bits per heavy atom. The fraction of sp³-hybridized carbons (Fsp3) is 0.562. The van der Waals surface area contributed by atoms with E-state index in [-0.39, 0.29) is 11.4 Å². The normalized spacial score (nSPS) is 16.5. The van der Waals surface area contributed by atoms with E-state index in [9.17, 15) is 4.79 Å². The molecular weight excluding hydrogens is 282 g/mol. The van der Waals surface area contributed by atoms with Gasteiger partial charge in [0.1, 0.15) is 0 Å². The third-order valence-electron chi connectivity index (χ3n) is 3.65. The Balaban J connectivity index is 1.97. The van der Waals surface area contributed by atoms with E-state index < -0.39 is 0 Å².